The number of rotatable bonds is 10. The molecule has 0 aliphatic heterocycles. The number of phenolic OH excluding ortho intramolecular Hbond substituents is 2. The molecule has 6 nitrogen and oxygen atoms in total. The van der Waals surface area contributed by atoms with Crippen LogP contribution < -0.4 is 19.5 Å². The molecule has 0 amide bonds. The number of aromatic hydroxyl groups is 2. The van der Waals surface area contributed by atoms with Gasteiger partial charge in [-0.25, -0.2) is 0 Å². The number of hydrogen-bond acceptors (Lipinski definition) is 6. The van der Waals surface area contributed by atoms with Gasteiger partial charge in [-0.3, -0.25) is 0 Å². The van der Waals surface area contributed by atoms with Crippen molar-refractivity contribution in [3.63, 3.8) is 0 Å². The third-order valence-electron chi connectivity index (χ3n) is 3.32. The normalized spacial score (nSPS) is 10.4. The largest absolute Gasteiger partial charge is 0.504 e. The first-order valence-electron chi connectivity index (χ1n) is 7.82. The van der Waals surface area contributed by atoms with E-state index in [2.05, 4.69) is 5.32 Å². The molecule has 130 valence electrons. The first-order chi connectivity index (χ1) is 11.7. The smallest absolute Gasteiger partial charge is 0.161 e. The molecule has 0 radical (unpaired) electrons. The second kappa shape index (κ2) is 9.52. The molecule has 0 saturated heterocycles. The van der Waals surface area contributed by atoms with Gasteiger partial charge in [0.2, 0.25) is 0 Å². The number of ether oxygens (including phenoxy) is 3. The van der Waals surface area contributed by atoms with Gasteiger partial charge in [0.1, 0.15) is 12.4 Å². The highest BCUT2D eigenvalue weighted by Gasteiger charge is 2.02. The Morgan fingerprint density at radius 2 is 1.67 bits per heavy atom. The van der Waals surface area contributed by atoms with Crippen LogP contribution in [0.5, 0.6) is 28.7 Å². The van der Waals surface area contributed by atoms with Crippen LogP contribution in [0.1, 0.15) is 6.42 Å². The summed E-state index contributed by atoms with van der Waals surface area (Å²) in [6.07, 6.45) is 0.816. The van der Waals surface area contributed by atoms with E-state index >= 15 is 0 Å². The second-order valence-electron chi connectivity index (χ2n) is 5.10. The Hall–Kier alpha value is -2.60. The van der Waals surface area contributed by atoms with Crippen molar-refractivity contribution in [3.8, 4) is 28.7 Å². The topological polar surface area (TPSA) is 80.2 Å². The maximum atomic E-state index is 9.37. The van der Waals surface area contributed by atoms with Crippen molar-refractivity contribution < 1.29 is 24.4 Å². The van der Waals surface area contributed by atoms with Crippen molar-refractivity contribution in [2.75, 3.05) is 33.4 Å². The third kappa shape index (κ3) is 5.55. The zero-order valence-electron chi connectivity index (χ0n) is 13.7. The summed E-state index contributed by atoms with van der Waals surface area (Å²) < 4.78 is 16.4. The Morgan fingerprint density at radius 1 is 0.875 bits per heavy atom. The number of methoxy groups -OCH3 is 1. The molecule has 2 aromatic rings. The van der Waals surface area contributed by atoms with Gasteiger partial charge in [0.25, 0.3) is 0 Å². The summed E-state index contributed by atoms with van der Waals surface area (Å²) in [6, 6.07) is 12.0. The molecule has 0 unspecified atom stereocenters. The average Bonchev–Trinajstić information content (AvgIpc) is 2.60. The molecular formula is C18H23NO5. The lowest BCUT2D eigenvalue weighted by Crippen LogP contribution is -2.23. The monoisotopic (exact) mass is 333 g/mol. The first-order valence-corrected chi connectivity index (χ1v) is 7.82. The molecule has 0 bridgehead atoms. The van der Waals surface area contributed by atoms with Crippen molar-refractivity contribution in [1.82, 2.24) is 5.32 Å². The van der Waals surface area contributed by atoms with Crippen LogP contribution in [0.3, 0.4) is 0 Å². The van der Waals surface area contributed by atoms with Crippen LogP contribution in [0, 0.1) is 0 Å². The minimum Gasteiger partial charge on any atom is -0.504 e. The summed E-state index contributed by atoms with van der Waals surface area (Å²) in [5, 5.41) is 21.8. The molecule has 3 N–H and O–H groups in total. The van der Waals surface area contributed by atoms with Gasteiger partial charge < -0.3 is 29.7 Å². The lowest BCUT2D eigenvalue weighted by atomic mass is 10.3. The van der Waals surface area contributed by atoms with Crippen molar-refractivity contribution in [2.45, 2.75) is 6.42 Å². The summed E-state index contributed by atoms with van der Waals surface area (Å²) in [4.78, 5) is 0. The molecule has 0 saturated carbocycles. The number of phenols is 2. The SMILES string of the molecule is COc1ccccc1OCCNCCCOc1ccc(O)c(O)c1. The van der Waals surface area contributed by atoms with E-state index in [0.29, 0.717) is 19.0 Å². The zero-order valence-corrected chi connectivity index (χ0v) is 13.7. The molecule has 6 heteroatoms. The van der Waals surface area contributed by atoms with Crippen molar-refractivity contribution in [2.24, 2.45) is 0 Å². The third-order valence-corrected chi connectivity index (χ3v) is 3.32. The Labute approximate surface area is 141 Å². The van der Waals surface area contributed by atoms with E-state index in [1.807, 2.05) is 24.3 Å². The van der Waals surface area contributed by atoms with E-state index in [0.717, 1.165) is 31.0 Å². The summed E-state index contributed by atoms with van der Waals surface area (Å²) in [5.41, 5.74) is 0. The number of nitrogens with one attached hydrogen (secondary N) is 1. The van der Waals surface area contributed by atoms with E-state index in [-0.39, 0.29) is 11.5 Å². The minimum atomic E-state index is -0.181. The van der Waals surface area contributed by atoms with E-state index in [4.69, 9.17) is 14.2 Å². The lowest BCUT2D eigenvalue weighted by molar-refractivity contribution is 0.283. The van der Waals surface area contributed by atoms with Crippen molar-refractivity contribution in [1.29, 1.82) is 0 Å². The Kier molecular flexibility index (Phi) is 7.04. The van der Waals surface area contributed by atoms with Crippen LogP contribution in [0.2, 0.25) is 0 Å². The fourth-order valence-electron chi connectivity index (χ4n) is 2.08. The maximum absolute atomic E-state index is 9.37. The molecule has 0 aliphatic carbocycles. The average molecular weight is 333 g/mol. The van der Waals surface area contributed by atoms with E-state index < -0.39 is 0 Å². The van der Waals surface area contributed by atoms with Crippen LogP contribution in [-0.4, -0.2) is 43.6 Å². The van der Waals surface area contributed by atoms with Gasteiger partial charge in [-0.2, -0.15) is 0 Å². The summed E-state index contributed by atoms with van der Waals surface area (Å²) >= 11 is 0. The first kappa shape index (κ1) is 17.7. The zero-order chi connectivity index (χ0) is 17.2. The lowest BCUT2D eigenvalue weighted by Gasteiger charge is -2.11. The van der Waals surface area contributed by atoms with Crippen molar-refractivity contribution >= 4 is 0 Å². The predicted octanol–water partition coefficient (Wildman–Crippen LogP) is 2.54. The summed E-state index contributed by atoms with van der Waals surface area (Å²) in [6.45, 7) is 2.58. The van der Waals surface area contributed by atoms with Crippen LogP contribution in [0.4, 0.5) is 0 Å². The fourth-order valence-corrected chi connectivity index (χ4v) is 2.08. The van der Waals surface area contributed by atoms with Gasteiger partial charge >= 0.3 is 0 Å². The van der Waals surface area contributed by atoms with Gasteiger partial charge in [0.05, 0.1) is 13.7 Å². The Morgan fingerprint density at radius 3 is 2.42 bits per heavy atom. The highest BCUT2D eigenvalue weighted by molar-refractivity contribution is 5.43. The summed E-state index contributed by atoms with van der Waals surface area (Å²) in [7, 11) is 1.62. The molecule has 2 rings (SSSR count). The highest BCUT2D eigenvalue weighted by atomic mass is 16.5. The molecule has 0 atom stereocenters. The molecule has 0 aromatic heterocycles. The van der Waals surface area contributed by atoms with Crippen LogP contribution in [0.15, 0.2) is 42.5 Å². The van der Waals surface area contributed by atoms with Gasteiger partial charge in [-0.05, 0) is 37.2 Å². The molecule has 24 heavy (non-hydrogen) atoms. The molecule has 0 heterocycles. The molecular weight excluding hydrogens is 310 g/mol. The Balaban J connectivity index is 1.54. The van der Waals surface area contributed by atoms with E-state index in [9.17, 15) is 10.2 Å². The van der Waals surface area contributed by atoms with Gasteiger partial charge in [0.15, 0.2) is 23.0 Å². The Bertz CT molecular complexity index is 633. The van der Waals surface area contributed by atoms with Crippen LogP contribution >= 0.6 is 0 Å². The number of para-hydroxylation sites is 2. The number of hydrogen-bond donors (Lipinski definition) is 3. The maximum Gasteiger partial charge on any atom is 0.161 e. The summed E-state index contributed by atoms with van der Waals surface area (Å²) in [5.74, 6) is 1.66. The minimum absolute atomic E-state index is 0.154. The van der Waals surface area contributed by atoms with E-state index in [1.54, 1.807) is 13.2 Å². The molecule has 0 spiro atoms. The van der Waals surface area contributed by atoms with Crippen LogP contribution in [-0.2, 0) is 0 Å². The number of benzene rings is 2. The second-order valence-corrected chi connectivity index (χ2v) is 5.10. The van der Waals surface area contributed by atoms with E-state index in [1.165, 1.54) is 12.1 Å². The predicted molar refractivity (Wildman–Crippen MR) is 91.2 cm³/mol. The van der Waals surface area contributed by atoms with Crippen LogP contribution in [0.25, 0.3) is 0 Å². The van der Waals surface area contributed by atoms with Crippen molar-refractivity contribution in [3.05, 3.63) is 42.5 Å². The fraction of sp³-hybridized carbons (Fsp3) is 0.333. The quantitative estimate of drug-likeness (QED) is 0.458. The molecule has 2 aromatic carbocycles. The molecule has 0 aliphatic rings. The van der Waals surface area contributed by atoms with Gasteiger partial charge in [-0.15, -0.1) is 0 Å². The molecule has 0 fully saturated rings. The standard InChI is InChI=1S/C18H23NO5/c1-22-17-5-2-3-6-18(17)24-12-10-19-9-4-11-23-14-7-8-15(20)16(21)13-14/h2-3,5-8,13,19-21H,4,9-12H2,1H3. The van der Waals surface area contributed by atoms with Gasteiger partial charge in [0, 0.05) is 12.6 Å². The highest BCUT2D eigenvalue weighted by Crippen LogP contribution is 2.28. The van der Waals surface area contributed by atoms with Gasteiger partial charge in [-0.1, -0.05) is 12.1 Å².